The van der Waals surface area contributed by atoms with Gasteiger partial charge in [0, 0.05) is 33.1 Å². The zero-order chi connectivity index (χ0) is 9.26. The summed E-state index contributed by atoms with van der Waals surface area (Å²) in [4.78, 5) is 2.07. The molecule has 13 heavy (non-hydrogen) atoms. The Morgan fingerprint density at radius 1 is 1.54 bits per heavy atom. The number of fused-ring (bicyclic) bond motifs is 1. The van der Waals surface area contributed by atoms with E-state index >= 15 is 0 Å². The van der Waals surface area contributed by atoms with Gasteiger partial charge in [0.05, 0.1) is 11.4 Å². The van der Waals surface area contributed by atoms with E-state index in [4.69, 9.17) is 0 Å². The fraction of sp³-hybridized carbons (Fsp3) is 0.750. The lowest BCUT2D eigenvalue weighted by atomic mass is 10.1. The van der Waals surface area contributed by atoms with Crippen LogP contribution in [0, 0.1) is 0 Å². The molecule has 0 radical (unpaired) electrons. The SMILES string of the molecule is Cn1nnc2c1CCN(CCF)C2. The van der Waals surface area contributed by atoms with Crippen molar-refractivity contribution in [2.45, 2.75) is 13.0 Å². The third-order valence-corrected chi connectivity index (χ3v) is 2.46. The van der Waals surface area contributed by atoms with E-state index in [9.17, 15) is 4.39 Å². The molecule has 0 amide bonds. The molecule has 1 aromatic rings. The Labute approximate surface area is 76.3 Å². The van der Waals surface area contributed by atoms with E-state index in [1.165, 1.54) is 5.69 Å². The monoisotopic (exact) mass is 184 g/mol. The fourth-order valence-corrected chi connectivity index (χ4v) is 1.71. The van der Waals surface area contributed by atoms with E-state index in [0.717, 1.165) is 25.2 Å². The van der Waals surface area contributed by atoms with Crippen molar-refractivity contribution in [2.75, 3.05) is 19.8 Å². The van der Waals surface area contributed by atoms with E-state index in [1.807, 2.05) is 11.7 Å². The number of hydrogen-bond acceptors (Lipinski definition) is 3. The minimum absolute atomic E-state index is 0.282. The quantitative estimate of drug-likeness (QED) is 0.655. The van der Waals surface area contributed by atoms with Crippen molar-refractivity contribution in [3.8, 4) is 0 Å². The Bertz CT molecular complexity index is 296. The Hall–Kier alpha value is -0.970. The summed E-state index contributed by atoms with van der Waals surface area (Å²) in [5.74, 6) is 0. The second kappa shape index (κ2) is 3.41. The highest BCUT2D eigenvalue weighted by atomic mass is 19.1. The van der Waals surface area contributed by atoms with Gasteiger partial charge in [-0.3, -0.25) is 9.58 Å². The van der Waals surface area contributed by atoms with Crippen molar-refractivity contribution in [1.82, 2.24) is 19.9 Å². The zero-order valence-corrected chi connectivity index (χ0v) is 7.70. The molecule has 4 nitrogen and oxygen atoms in total. The largest absolute Gasteiger partial charge is 0.294 e. The second-order valence-electron chi connectivity index (χ2n) is 3.32. The Morgan fingerprint density at radius 2 is 2.38 bits per heavy atom. The van der Waals surface area contributed by atoms with Crippen molar-refractivity contribution < 1.29 is 4.39 Å². The van der Waals surface area contributed by atoms with Gasteiger partial charge in [-0.25, -0.2) is 4.39 Å². The highest BCUT2D eigenvalue weighted by Crippen LogP contribution is 2.14. The summed E-state index contributed by atoms with van der Waals surface area (Å²) in [5, 5.41) is 7.98. The lowest BCUT2D eigenvalue weighted by molar-refractivity contribution is 0.226. The maximum absolute atomic E-state index is 12.1. The second-order valence-corrected chi connectivity index (χ2v) is 3.32. The molecular formula is C8H13FN4. The summed E-state index contributed by atoms with van der Waals surface area (Å²) in [6.45, 7) is 1.89. The van der Waals surface area contributed by atoms with Gasteiger partial charge in [0.1, 0.15) is 6.67 Å². The molecule has 0 saturated carbocycles. The van der Waals surface area contributed by atoms with E-state index in [0.29, 0.717) is 6.54 Å². The summed E-state index contributed by atoms with van der Waals surface area (Å²) < 4.78 is 13.9. The summed E-state index contributed by atoms with van der Waals surface area (Å²) in [6.07, 6.45) is 0.929. The Morgan fingerprint density at radius 3 is 3.15 bits per heavy atom. The van der Waals surface area contributed by atoms with Gasteiger partial charge in [-0.15, -0.1) is 5.10 Å². The number of rotatable bonds is 2. The predicted molar refractivity (Wildman–Crippen MR) is 46.0 cm³/mol. The smallest absolute Gasteiger partial charge is 0.102 e. The van der Waals surface area contributed by atoms with Crippen molar-refractivity contribution in [3.05, 3.63) is 11.4 Å². The van der Waals surface area contributed by atoms with Crippen LogP contribution in [-0.2, 0) is 20.0 Å². The van der Waals surface area contributed by atoms with Crippen molar-refractivity contribution in [3.63, 3.8) is 0 Å². The first-order valence-electron chi connectivity index (χ1n) is 4.47. The van der Waals surface area contributed by atoms with Gasteiger partial charge in [-0.2, -0.15) is 0 Å². The number of hydrogen-bond donors (Lipinski definition) is 0. The maximum Gasteiger partial charge on any atom is 0.102 e. The molecule has 2 rings (SSSR count). The van der Waals surface area contributed by atoms with E-state index in [2.05, 4.69) is 15.2 Å². The molecule has 5 heteroatoms. The van der Waals surface area contributed by atoms with E-state index in [1.54, 1.807) is 0 Å². The third kappa shape index (κ3) is 1.56. The topological polar surface area (TPSA) is 34.0 Å². The molecule has 1 aliphatic heterocycles. The molecule has 0 saturated heterocycles. The highest BCUT2D eigenvalue weighted by Gasteiger charge is 2.20. The highest BCUT2D eigenvalue weighted by molar-refractivity contribution is 5.13. The molecule has 0 fully saturated rings. The number of aryl methyl sites for hydroxylation is 1. The van der Waals surface area contributed by atoms with Gasteiger partial charge in [-0.05, 0) is 0 Å². The lowest BCUT2D eigenvalue weighted by Crippen LogP contribution is -2.32. The molecule has 1 aliphatic rings. The average Bonchev–Trinajstić information content (AvgIpc) is 2.48. The molecule has 0 aliphatic carbocycles. The number of aromatic nitrogens is 3. The van der Waals surface area contributed by atoms with Crippen LogP contribution >= 0.6 is 0 Å². The van der Waals surface area contributed by atoms with E-state index < -0.39 is 0 Å². The molecule has 2 heterocycles. The number of nitrogens with zero attached hydrogens (tertiary/aromatic N) is 4. The third-order valence-electron chi connectivity index (χ3n) is 2.46. The van der Waals surface area contributed by atoms with Gasteiger partial charge in [-0.1, -0.05) is 5.21 Å². The Balaban J connectivity index is 2.11. The van der Waals surface area contributed by atoms with Crippen LogP contribution in [0.1, 0.15) is 11.4 Å². The molecule has 0 spiro atoms. The molecule has 0 aromatic carbocycles. The van der Waals surface area contributed by atoms with Gasteiger partial charge in [0.2, 0.25) is 0 Å². The standard InChI is InChI=1S/C8H13FN4/c1-12-8-2-4-13(5-3-9)6-7(8)10-11-12/h2-6H2,1H3. The number of halogens is 1. The summed E-state index contributed by atoms with van der Waals surface area (Å²) in [5.41, 5.74) is 2.19. The molecule has 72 valence electrons. The minimum atomic E-state index is -0.282. The number of alkyl halides is 1. The lowest BCUT2D eigenvalue weighted by Gasteiger charge is -2.24. The van der Waals surface area contributed by atoms with E-state index in [-0.39, 0.29) is 6.67 Å². The molecule has 0 bridgehead atoms. The molecule has 0 N–H and O–H groups in total. The van der Waals surface area contributed by atoms with Crippen LogP contribution in [0.4, 0.5) is 4.39 Å². The summed E-state index contributed by atoms with van der Waals surface area (Å²) >= 11 is 0. The maximum atomic E-state index is 12.1. The van der Waals surface area contributed by atoms with Gasteiger partial charge >= 0.3 is 0 Å². The van der Waals surface area contributed by atoms with Crippen LogP contribution in [0.3, 0.4) is 0 Å². The molecule has 0 unspecified atom stereocenters. The van der Waals surface area contributed by atoms with Crippen LogP contribution < -0.4 is 0 Å². The molecule has 1 aromatic heterocycles. The average molecular weight is 184 g/mol. The predicted octanol–water partition coefficient (Wildman–Crippen LogP) is 0.143. The van der Waals surface area contributed by atoms with Crippen molar-refractivity contribution in [1.29, 1.82) is 0 Å². The fourth-order valence-electron chi connectivity index (χ4n) is 1.71. The first-order valence-corrected chi connectivity index (χ1v) is 4.47. The Kier molecular flexibility index (Phi) is 2.26. The molecular weight excluding hydrogens is 171 g/mol. The van der Waals surface area contributed by atoms with Crippen LogP contribution in [0.5, 0.6) is 0 Å². The van der Waals surface area contributed by atoms with Gasteiger partial charge in [0.25, 0.3) is 0 Å². The normalized spacial score (nSPS) is 17.4. The first kappa shape index (κ1) is 8.62. The van der Waals surface area contributed by atoms with Gasteiger partial charge in [0.15, 0.2) is 0 Å². The summed E-state index contributed by atoms with van der Waals surface area (Å²) in [7, 11) is 1.90. The summed E-state index contributed by atoms with van der Waals surface area (Å²) in [6, 6.07) is 0. The van der Waals surface area contributed by atoms with Crippen LogP contribution in [0.15, 0.2) is 0 Å². The van der Waals surface area contributed by atoms with Crippen LogP contribution in [0.25, 0.3) is 0 Å². The first-order chi connectivity index (χ1) is 6.31. The zero-order valence-electron chi connectivity index (χ0n) is 7.70. The van der Waals surface area contributed by atoms with Gasteiger partial charge < -0.3 is 0 Å². The molecule has 0 atom stereocenters. The van der Waals surface area contributed by atoms with Crippen LogP contribution in [0.2, 0.25) is 0 Å². The van der Waals surface area contributed by atoms with Crippen molar-refractivity contribution in [2.24, 2.45) is 7.05 Å². The minimum Gasteiger partial charge on any atom is -0.294 e. The van der Waals surface area contributed by atoms with Crippen LogP contribution in [-0.4, -0.2) is 39.7 Å². The van der Waals surface area contributed by atoms with Crippen molar-refractivity contribution >= 4 is 0 Å².